The summed E-state index contributed by atoms with van der Waals surface area (Å²) in [5, 5.41) is 0. The second-order valence-corrected chi connectivity index (χ2v) is 8.18. The number of imide groups is 1. The SMILES string of the molecule is O=C1[C@@H]2C3c4ccccc4C(c4ccccc43)[C@H]2C(=O)N1c1ccccc1[S-]. The first kappa shape index (κ1) is 16.0. The molecular formula is C24H16NO2S-. The van der Waals surface area contributed by atoms with Gasteiger partial charge in [-0.15, -0.1) is 0 Å². The molecule has 0 radical (unpaired) electrons. The third-order valence-electron chi connectivity index (χ3n) is 6.55. The van der Waals surface area contributed by atoms with Gasteiger partial charge in [0.05, 0.1) is 11.8 Å². The van der Waals surface area contributed by atoms with Gasteiger partial charge in [-0.1, -0.05) is 66.7 Å². The average molecular weight is 382 g/mol. The second kappa shape index (κ2) is 5.52. The Balaban J connectivity index is 1.59. The minimum atomic E-state index is -0.364. The van der Waals surface area contributed by atoms with Crippen LogP contribution in [0.1, 0.15) is 34.1 Å². The van der Waals surface area contributed by atoms with Gasteiger partial charge in [0.1, 0.15) is 0 Å². The fourth-order valence-corrected chi connectivity index (χ4v) is 5.79. The molecule has 136 valence electrons. The molecule has 1 aliphatic heterocycles. The number of carbonyl (C=O) groups is 2. The van der Waals surface area contributed by atoms with Crippen LogP contribution in [0.3, 0.4) is 0 Å². The molecule has 3 nitrogen and oxygen atoms in total. The second-order valence-electron chi connectivity index (χ2n) is 7.74. The molecule has 1 fully saturated rings. The van der Waals surface area contributed by atoms with Gasteiger partial charge in [0.15, 0.2) is 0 Å². The average Bonchev–Trinajstić information content (AvgIpc) is 2.99. The standard InChI is InChI=1S/C24H17NO2S/c26-23-21-19-13-7-1-2-8-14(13)20(16-10-4-3-9-15(16)19)22(21)24(27)25(23)17-11-5-6-12-18(17)28/h1-12,19-22,28H/p-1/t19?,20?,21-,22-/m1/s1. The van der Waals surface area contributed by atoms with E-state index in [-0.39, 0.29) is 35.5 Å². The molecule has 0 saturated carbocycles. The maximum atomic E-state index is 13.6. The summed E-state index contributed by atoms with van der Waals surface area (Å²) in [6.45, 7) is 0. The van der Waals surface area contributed by atoms with E-state index in [0.717, 1.165) is 0 Å². The van der Waals surface area contributed by atoms with Crippen LogP contribution >= 0.6 is 0 Å². The minimum absolute atomic E-state index is 0.0823. The van der Waals surface area contributed by atoms with Crippen LogP contribution in [0.4, 0.5) is 5.69 Å². The molecule has 1 heterocycles. The Morgan fingerprint density at radius 1 is 0.607 bits per heavy atom. The molecule has 1 saturated heterocycles. The molecule has 28 heavy (non-hydrogen) atoms. The van der Waals surface area contributed by atoms with E-state index in [1.807, 2.05) is 36.4 Å². The topological polar surface area (TPSA) is 37.4 Å². The van der Waals surface area contributed by atoms with Crippen molar-refractivity contribution >= 4 is 30.1 Å². The molecule has 2 amide bonds. The number of carbonyl (C=O) groups excluding carboxylic acids is 2. The lowest BCUT2D eigenvalue weighted by Gasteiger charge is -2.45. The zero-order valence-electron chi connectivity index (χ0n) is 14.9. The number of amides is 2. The molecule has 7 rings (SSSR count). The molecule has 0 N–H and O–H groups in total. The molecule has 0 spiro atoms. The number of rotatable bonds is 1. The van der Waals surface area contributed by atoms with Crippen molar-refractivity contribution in [1.82, 2.24) is 0 Å². The molecule has 3 aromatic carbocycles. The van der Waals surface area contributed by atoms with Crippen LogP contribution in [0.15, 0.2) is 77.7 Å². The summed E-state index contributed by atoms with van der Waals surface area (Å²) in [5.74, 6) is -1.13. The quantitative estimate of drug-likeness (QED) is 0.472. The lowest BCUT2D eigenvalue weighted by atomic mass is 9.55. The van der Waals surface area contributed by atoms with Crippen molar-refractivity contribution in [1.29, 1.82) is 0 Å². The Morgan fingerprint density at radius 3 is 1.43 bits per heavy atom. The fraction of sp³-hybridized carbons (Fsp3) is 0.167. The number of nitrogens with zero attached hydrogens (tertiary/aromatic N) is 1. The van der Waals surface area contributed by atoms with Gasteiger partial charge in [0.2, 0.25) is 11.8 Å². The molecule has 4 aliphatic rings. The van der Waals surface area contributed by atoms with Crippen LogP contribution in [0.5, 0.6) is 0 Å². The number of hydrogen-bond acceptors (Lipinski definition) is 3. The molecule has 0 aromatic heterocycles. The van der Waals surface area contributed by atoms with Crippen molar-refractivity contribution in [2.45, 2.75) is 16.7 Å². The predicted octanol–water partition coefficient (Wildman–Crippen LogP) is 3.99. The largest absolute Gasteiger partial charge is 0.778 e. The van der Waals surface area contributed by atoms with Crippen molar-refractivity contribution in [3.63, 3.8) is 0 Å². The van der Waals surface area contributed by atoms with Gasteiger partial charge in [0.25, 0.3) is 0 Å². The third kappa shape index (κ3) is 1.83. The molecule has 4 heteroatoms. The van der Waals surface area contributed by atoms with E-state index < -0.39 is 0 Å². The van der Waals surface area contributed by atoms with E-state index in [9.17, 15) is 9.59 Å². The molecule has 3 aliphatic carbocycles. The molecular weight excluding hydrogens is 366 g/mol. The predicted molar refractivity (Wildman–Crippen MR) is 108 cm³/mol. The van der Waals surface area contributed by atoms with Crippen LogP contribution in [-0.2, 0) is 22.2 Å². The normalized spacial score (nSPS) is 26.8. The number of para-hydroxylation sites is 1. The minimum Gasteiger partial charge on any atom is -0.778 e. The highest BCUT2D eigenvalue weighted by atomic mass is 32.1. The molecule has 2 bridgehead atoms. The van der Waals surface area contributed by atoms with Crippen molar-refractivity contribution < 1.29 is 9.59 Å². The van der Waals surface area contributed by atoms with Gasteiger partial charge in [-0.25, -0.2) is 0 Å². The maximum Gasteiger partial charge on any atom is 0.238 e. The Bertz CT molecular complexity index is 1060. The Morgan fingerprint density at radius 2 is 1.00 bits per heavy atom. The van der Waals surface area contributed by atoms with Gasteiger partial charge < -0.3 is 12.6 Å². The lowest BCUT2D eigenvalue weighted by Crippen LogP contribution is -2.41. The van der Waals surface area contributed by atoms with E-state index >= 15 is 0 Å². The molecule has 2 atom stereocenters. The zero-order valence-corrected chi connectivity index (χ0v) is 15.7. The summed E-state index contributed by atoms with van der Waals surface area (Å²) < 4.78 is 0. The summed E-state index contributed by atoms with van der Waals surface area (Å²) in [7, 11) is 0. The first-order valence-corrected chi connectivity index (χ1v) is 9.91. The number of benzene rings is 3. The summed E-state index contributed by atoms with van der Waals surface area (Å²) >= 11 is 5.43. The lowest BCUT2D eigenvalue weighted by molar-refractivity contribution is -0.122. The van der Waals surface area contributed by atoms with Crippen LogP contribution in [-0.4, -0.2) is 11.8 Å². The van der Waals surface area contributed by atoms with Crippen molar-refractivity contribution in [2.24, 2.45) is 11.8 Å². The summed E-state index contributed by atoms with van der Waals surface area (Å²) in [4.78, 5) is 29.0. The van der Waals surface area contributed by atoms with Crippen LogP contribution in [0, 0.1) is 11.8 Å². The Kier molecular flexibility index (Phi) is 3.16. The Hall–Kier alpha value is -2.98. The highest BCUT2D eigenvalue weighted by Gasteiger charge is 2.61. The van der Waals surface area contributed by atoms with E-state index in [1.54, 1.807) is 12.1 Å². The van der Waals surface area contributed by atoms with Crippen molar-refractivity contribution in [3.8, 4) is 0 Å². The monoisotopic (exact) mass is 382 g/mol. The van der Waals surface area contributed by atoms with Gasteiger partial charge in [0, 0.05) is 17.5 Å². The van der Waals surface area contributed by atoms with E-state index in [0.29, 0.717) is 10.6 Å². The zero-order chi connectivity index (χ0) is 19.0. The summed E-state index contributed by atoms with van der Waals surface area (Å²) in [5.41, 5.74) is 5.27. The van der Waals surface area contributed by atoms with E-state index in [4.69, 9.17) is 12.6 Å². The van der Waals surface area contributed by atoms with Crippen molar-refractivity contribution in [3.05, 3.63) is 95.1 Å². The van der Waals surface area contributed by atoms with Crippen LogP contribution in [0.2, 0.25) is 0 Å². The summed E-state index contributed by atoms with van der Waals surface area (Å²) in [6, 6.07) is 23.7. The first-order valence-electron chi connectivity index (χ1n) is 9.50. The number of anilines is 1. The number of hydrogen-bond donors (Lipinski definition) is 0. The van der Waals surface area contributed by atoms with Crippen LogP contribution in [0.25, 0.3) is 0 Å². The van der Waals surface area contributed by atoms with Crippen LogP contribution < -0.4 is 4.90 Å². The Labute approximate surface area is 168 Å². The summed E-state index contributed by atoms with van der Waals surface area (Å²) in [6.07, 6.45) is 0. The smallest absolute Gasteiger partial charge is 0.238 e. The first-order chi connectivity index (χ1) is 13.7. The highest BCUT2D eigenvalue weighted by molar-refractivity contribution is 7.59. The highest BCUT2D eigenvalue weighted by Crippen LogP contribution is 2.61. The van der Waals surface area contributed by atoms with Gasteiger partial charge in [-0.3, -0.25) is 14.5 Å². The van der Waals surface area contributed by atoms with Crippen molar-refractivity contribution in [2.75, 3.05) is 4.90 Å². The van der Waals surface area contributed by atoms with Gasteiger partial charge in [-0.05, 0) is 28.3 Å². The van der Waals surface area contributed by atoms with E-state index in [1.165, 1.54) is 27.2 Å². The fourth-order valence-electron chi connectivity index (χ4n) is 5.56. The molecule has 3 aromatic rings. The third-order valence-corrected chi connectivity index (χ3v) is 6.90. The molecule has 0 unspecified atom stereocenters. The van der Waals surface area contributed by atoms with Gasteiger partial charge >= 0.3 is 0 Å². The van der Waals surface area contributed by atoms with E-state index in [2.05, 4.69) is 24.3 Å². The van der Waals surface area contributed by atoms with Gasteiger partial charge in [-0.2, -0.15) is 4.90 Å². The maximum absolute atomic E-state index is 13.6.